The van der Waals surface area contributed by atoms with Crippen molar-refractivity contribution in [2.24, 2.45) is 5.92 Å². The van der Waals surface area contributed by atoms with Crippen LogP contribution in [0.25, 0.3) is 11.4 Å². The first-order chi connectivity index (χ1) is 16.7. The Balaban J connectivity index is 1.45. The zero-order valence-corrected chi connectivity index (χ0v) is 20.2. The van der Waals surface area contributed by atoms with Crippen molar-refractivity contribution < 1.29 is 14.5 Å². The molecule has 10 heteroatoms. The van der Waals surface area contributed by atoms with Crippen LogP contribution >= 0.6 is 11.6 Å². The topological polar surface area (TPSA) is 119 Å². The van der Waals surface area contributed by atoms with Crippen LogP contribution in [0, 0.1) is 16.0 Å². The van der Waals surface area contributed by atoms with E-state index in [0.29, 0.717) is 5.69 Å². The summed E-state index contributed by atoms with van der Waals surface area (Å²) in [6, 6.07) is 10.2. The standard InChI is InChI=1S/C25H26ClN5O4/c1-15(2)22(29-24(32)20-11-10-18(31(34)35)13-21(20)26)25(33)28-17-8-6-16(7-9-17)23-27-14-19-5-3-4-12-30(19)23/h6-11,13-15,22H,3-5,12H2,1-2H3,(H,28,33)(H,29,32). The number of hydrogen-bond donors (Lipinski definition) is 2. The van der Waals surface area contributed by atoms with Gasteiger partial charge in [-0.05, 0) is 55.5 Å². The number of nitro groups is 1. The van der Waals surface area contributed by atoms with Crippen molar-refractivity contribution in [2.75, 3.05) is 5.32 Å². The molecule has 9 nitrogen and oxygen atoms in total. The lowest BCUT2D eigenvalue weighted by Gasteiger charge is -2.22. The highest BCUT2D eigenvalue weighted by atomic mass is 35.5. The number of rotatable bonds is 7. The molecule has 1 aliphatic heterocycles. The highest BCUT2D eigenvalue weighted by Gasteiger charge is 2.26. The predicted molar refractivity (Wildman–Crippen MR) is 133 cm³/mol. The fourth-order valence-electron chi connectivity index (χ4n) is 4.14. The van der Waals surface area contributed by atoms with Crippen LogP contribution in [0.5, 0.6) is 0 Å². The first kappa shape index (κ1) is 24.4. The van der Waals surface area contributed by atoms with Gasteiger partial charge in [0, 0.05) is 41.8 Å². The lowest BCUT2D eigenvalue weighted by molar-refractivity contribution is -0.384. The second-order valence-corrected chi connectivity index (χ2v) is 9.27. The summed E-state index contributed by atoms with van der Waals surface area (Å²) in [7, 11) is 0. The van der Waals surface area contributed by atoms with Gasteiger partial charge >= 0.3 is 0 Å². The molecule has 4 rings (SSSR count). The maximum atomic E-state index is 13.0. The lowest BCUT2D eigenvalue weighted by Crippen LogP contribution is -2.47. The highest BCUT2D eigenvalue weighted by Crippen LogP contribution is 2.26. The summed E-state index contributed by atoms with van der Waals surface area (Å²) >= 11 is 6.07. The van der Waals surface area contributed by atoms with Crippen LogP contribution in [-0.2, 0) is 17.8 Å². The number of carbonyl (C=O) groups is 2. The second-order valence-electron chi connectivity index (χ2n) is 8.86. The first-order valence-corrected chi connectivity index (χ1v) is 11.8. The Hall–Kier alpha value is -3.72. The van der Waals surface area contributed by atoms with Crippen molar-refractivity contribution in [2.45, 2.75) is 45.7 Å². The fourth-order valence-corrected chi connectivity index (χ4v) is 4.41. The Morgan fingerprint density at radius 3 is 2.54 bits per heavy atom. The number of halogens is 1. The van der Waals surface area contributed by atoms with Crippen molar-refractivity contribution in [3.63, 3.8) is 0 Å². The fraction of sp³-hybridized carbons (Fsp3) is 0.320. The van der Waals surface area contributed by atoms with Gasteiger partial charge in [-0.25, -0.2) is 4.98 Å². The van der Waals surface area contributed by atoms with Crippen LogP contribution in [0.3, 0.4) is 0 Å². The van der Waals surface area contributed by atoms with E-state index in [4.69, 9.17) is 11.6 Å². The third-order valence-corrected chi connectivity index (χ3v) is 6.37. The Morgan fingerprint density at radius 2 is 1.89 bits per heavy atom. The number of benzene rings is 2. The molecule has 0 aliphatic carbocycles. The summed E-state index contributed by atoms with van der Waals surface area (Å²) in [4.78, 5) is 40.6. The third-order valence-electron chi connectivity index (χ3n) is 6.06. The van der Waals surface area contributed by atoms with E-state index in [9.17, 15) is 19.7 Å². The number of aryl methyl sites for hydroxylation is 1. The number of nitrogens with one attached hydrogen (secondary N) is 2. The summed E-state index contributed by atoms with van der Waals surface area (Å²) in [5.41, 5.74) is 2.65. The van der Waals surface area contributed by atoms with E-state index in [-0.39, 0.29) is 28.1 Å². The first-order valence-electron chi connectivity index (χ1n) is 11.4. The normalized spacial score (nSPS) is 13.7. The molecule has 0 radical (unpaired) electrons. The predicted octanol–water partition coefficient (Wildman–Crippen LogP) is 4.84. The maximum absolute atomic E-state index is 13.0. The van der Waals surface area contributed by atoms with Crippen molar-refractivity contribution in [1.82, 2.24) is 14.9 Å². The molecular formula is C25H26ClN5O4. The molecule has 0 fully saturated rings. The average molecular weight is 496 g/mol. The number of imidazole rings is 1. The number of aromatic nitrogens is 2. The minimum Gasteiger partial charge on any atom is -0.340 e. The molecule has 2 amide bonds. The van der Waals surface area contributed by atoms with Gasteiger partial charge in [0.05, 0.1) is 15.5 Å². The smallest absolute Gasteiger partial charge is 0.270 e. The summed E-state index contributed by atoms with van der Waals surface area (Å²) in [5, 5.41) is 16.4. The zero-order valence-electron chi connectivity index (χ0n) is 19.5. The monoisotopic (exact) mass is 495 g/mol. The SMILES string of the molecule is CC(C)C(NC(=O)c1ccc([N+](=O)[O-])cc1Cl)C(=O)Nc1ccc(-c2ncc3n2CCCC3)cc1. The zero-order chi connectivity index (χ0) is 25.1. The van der Waals surface area contributed by atoms with Crippen LogP contribution in [0.2, 0.25) is 5.02 Å². The largest absolute Gasteiger partial charge is 0.340 e. The van der Waals surface area contributed by atoms with E-state index in [1.54, 1.807) is 0 Å². The third kappa shape index (κ3) is 5.35. The van der Waals surface area contributed by atoms with Gasteiger partial charge in [-0.1, -0.05) is 25.4 Å². The molecule has 35 heavy (non-hydrogen) atoms. The Labute approximate surface area is 207 Å². The van der Waals surface area contributed by atoms with Gasteiger partial charge in [-0.3, -0.25) is 19.7 Å². The van der Waals surface area contributed by atoms with Crippen LogP contribution < -0.4 is 10.6 Å². The molecule has 1 atom stereocenters. The molecule has 3 aromatic rings. The van der Waals surface area contributed by atoms with E-state index in [0.717, 1.165) is 36.8 Å². The van der Waals surface area contributed by atoms with Crippen LogP contribution in [0.15, 0.2) is 48.7 Å². The van der Waals surface area contributed by atoms with Gasteiger partial charge in [0.2, 0.25) is 5.91 Å². The second kappa shape index (κ2) is 10.3. The molecule has 182 valence electrons. The van der Waals surface area contributed by atoms with Crippen LogP contribution in [0.1, 0.15) is 42.7 Å². The Morgan fingerprint density at radius 1 is 1.14 bits per heavy atom. The number of nitrogens with zero attached hydrogens (tertiary/aromatic N) is 3. The molecule has 2 aromatic carbocycles. The molecule has 1 aliphatic rings. The summed E-state index contributed by atoms with van der Waals surface area (Å²) < 4.78 is 2.24. The van der Waals surface area contributed by atoms with Gasteiger partial charge in [0.1, 0.15) is 11.9 Å². The number of amides is 2. The molecule has 0 bridgehead atoms. The van der Waals surface area contributed by atoms with Gasteiger partial charge in [-0.15, -0.1) is 0 Å². The van der Waals surface area contributed by atoms with Gasteiger partial charge in [0.25, 0.3) is 11.6 Å². The quantitative estimate of drug-likeness (QED) is 0.359. The van der Waals surface area contributed by atoms with Gasteiger partial charge < -0.3 is 15.2 Å². The number of hydrogen-bond acceptors (Lipinski definition) is 5. The van der Waals surface area contributed by atoms with E-state index in [1.807, 2.05) is 44.3 Å². The summed E-state index contributed by atoms with van der Waals surface area (Å²) in [6.45, 7) is 4.58. The molecule has 1 aromatic heterocycles. The Bertz CT molecular complexity index is 1270. The van der Waals surface area contributed by atoms with Gasteiger partial charge in [0.15, 0.2) is 0 Å². The molecule has 0 saturated carbocycles. The number of non-ortho nitro benzene ring substituents is 1. The number of nitro benzene ring substituents is 1. The molecular weight excluding hydrogens is 470 g/mol. The summed E-state index contributed by atoms with van der Waals surface area (Å²) in [6.07, 6.45) is 5.28. The highest BCUT2D eigenvalue weighted by molar-refractivity contribution is 6.34. The lowest BCUT2D eigenvalue weighted by atomic mass is 10.0. The summed E-state index contributed by atoms with van der Waals surface area (Å²) in [5.74, 6) is -0.258. The minimum atomic E-state index is -0.840. The van der Waals surface area contributed by atoms with E-state index in [1.165, 1.54) is 24.2 Å². The van der Waals surface area contributed by atoms with Crippen molar-refractivity contribution in [3.05, 3.63) is 75.1 Å². The molecule has 1 unspecified atom stereocenters. The molecule has 2 heterocycles. The minimum absolute atomic E-state index is 0.0584. The average Bonchev–Trinajstić information content (AvgIpc) is 3.26. The number of fused-ring (bicyclic) bond motifs is 1. The molecule has 0 spiro atoms. The van der Waals surface area contributed by atoms with E-state index < -0.39 is 16.9 Å². The number of carbonyl (C=O) groups excluding carboxylic acids is 2. The molecule has 0 saturated heterocycles. The maximum Gasteiger partial charge on any atom is 0.270 e. The van der Waals surface area contributed by atoms with Gasteiger partial charge in [-0.2, -0.15) is 0 Å². The van der Waals surface area contributed by atoms with E-state index >= 15 is 0 Å². The van der Waals surface area contributed by atoms with Crippen molar-refractivity contribution >= 4 is 34.8 Å². The van der Waals surface area contributed by atoms with Crippen molar-refractivity contribution in [1.29, 1.82) is 0 Å². The van der Waals surface area contributed by atoms with Crippen molar-refractivity contribution in [3.8, 4) is 11.4 Å². The van der Waals surface area contributed by atoms with Crippen LogP contribution in [-0.4, -0.2) is 32.3 Å². The van der Waals surface area contributed by atoms with E-state index in [2.05, 4.69) is 20.2 Å². The van der Waals surface area contributed by atoms with Crippen LogP contribution in [0.4, 0.5) is 11.4 Å². The Kier molecular flexibility index (Phi) is 7.16. The molecule has 2 N–H and O–H groups in total. The number of anilines is 1.